The number of rotatable bonds is 6. The molecule has 7 heteroatoms. The first kappa shape index (κ1) is 19.0. The quantitative estimate of drug-likeness (QED) is 0.775. The third-order valence-corrected chi connectivity index (χ3v) is 5.38. The van der Waals surface area contributed by atoms with Gasteiger partial charge in [-0.3, -0.25) is 14.4 Å². The molecule has 1 N–H and O–H groups in total. The monoisotopic (exact) mass is 384 g/mol. The first-order valence-corrected chi connectivity index (χ1v) is 9.41. The normalized spacial score (nSPS) is 15.4. The summed E-state index contributed by atoms with van der Waals surface area (Å²) in [6.45, 7) is 0.104. The number of thioether (sulfide) groups is 1. The Labute approximate surface area is 161 Å². The Morgan fingerprint density at radius 2 is 1.81 bits per heavy atom. The zero-order valence-corrected chi connectivity index (χ0v) is 15.7. The van der Waals surface area contributed by atoms with Crippen LogP contribution >= 0.6 is 11.8 Å². The number of benzene rings is 2. The van der Waals surface area contributed by atoms with Gasteiger partial charge in [-0.05, 0) is 17.7 Å². The average molecular weight is 384 g/mol. The van der Waals surface area contributed by atoms with Crippen LogP contribution in [0.3, 0.4) is 0 Å². The Morgan fingerprint density at radius 1 is 1.11 bits per heavy atom. The zero-order chi connectivity index (χ0) is 19.2. The van der Waals surface area contributed by atoms with E-state index >= 15 is 0 Å². The van der Waals surface area contributed by atoms with Crippen LogP contribution in [0.25, 0.3) is 0 Å². The highest BCUT2D eigenvalue weighted by molar-refractivity contribution is 8.01. The third kappa shape index (κ3) is 5.10. The largest absolute Gasteiger partial charge is 0.456 e. The molecule has 3 rings (SSSR count). The van der Waals surface area contributed by atoms with E-state index in [1.54, 1.807) is 7.05 Å². The zero-order valence-electron chi connectivity index (χ0n) is 14.9. The van der Waals surface area contributed by atoms with Crippen molar-refractivity contribution in [3.05, 3.63) is 60.2 Å². The molecule has 6 nitrogen and oxygen atoms in total. The molecule has 1 aliphatic heterocycles. The van der Waals surface area contributed by atoms with Crippen molar-refractivity contribution < 1.29 is 19.1 Å². The molecule has 2 aromatic rings. The number of carbonyl (C=O) groups is 3. The molecule has 140 valence electrons. The predicted molar refractivity (Wildman–Crippen MR) is 103 cm³/mol. The number of nitrogens with one attached hydrogen (secondary N) is 1. The van der Waals surface area contributed by atoms with Crippen molar-refractivity contribution in [2.75, 3.05) is 19.0 Å². The van der Waals surface area contributed by atoms with Crippen LogP contribution in [0.2, 0.25) is 0 Å². The van der Waals surface area contributed by atoms with Crippen LogP contribution in [0.4, 0.5) is 5.69 Å². The standard InChI is InChI=1S/C20H20N2O4S/c1-22(12-14-7-3-2-4-8-14)18(23)13-26-19(24)11-17-20(25)21-15-9-5-6-10-16(15)27-17/h2-10,17H,11-13H2,1H3,(H,21,25)/t17-/m1/s1. The predicted octanol–water partition coefficient (Wildman–Crippen LogP) is 2.69. The summed E-state index contributed by atoms with van der Waals surface area (Å²) in [4.78, 5) is 38.7. The fraction of sp³-hybridized carbons (Fsp3) is 0.250. The van der Waals surface area contributed by atoms with Gasteiger partial charge in [-0.2, -0.15) is 0 Å². The van der Waals surface area contributed by atoms with Gasteiger partial charge in [0.15, 0.2) is 6.61 Å². The second-order valence-corrected chi connectivity index (χ2v) is 7.44. The van der Waals surface area contributed by atoms with Gasteiger partial charge in [0, 0.05) is 18.5 Å². The molecule has 1 heterocycles. The summed E-state index contributed by atoms with van der Waals surface area (Å²) < 4.78 is 5.08. The van der Waals surface area contributed by atoms with Crippen LogP contribution in [0.1, 0.15) is 12.0 Å². The van der Waals surface area contributed by atoms with E-state index in [1.807, 2.05) is 54.6 Å². The van der Waals surface area contributed by atoms with E-state index in [0.29, 0.717) is 6.54 Å². The molecule has 1 aliphatic rings. The fourth-order valence-electron chi connectivity index (χ4n) is 2.64. The van der Waals surface area contributed by atoms with Gasteiger partial charge in [-0.15, -0.1) is 11.8 Å². The number of esters is 1. The highest BCUT2D eigenvalue weighted by Crippen LogP contribution is 2.36. The maximum atomic E-state index is 12.1. The van der Waals surface area contributed by atoms with E-state index in [0.717, 1.165) is 16.1 Å². The molecule has 0 unspecified atom stereocenters. The second-order valence-electron chi connectivity index (χ2n) is 6.19. The van der Waals surface area contributed by atoms with Gasteiger partial charge < -0.3 is 15.0 Å². The fourth-order valence-corrected chi connectivity index (χ4v) is 3.73. The highest BCUT2D eigenvalue weighted by Gasteiger charge is 2.29. The Hall–Kier alpha value is -2.80. The number of amides is 2. The number of hydrogen-bond donors (Lipinski definition) is 1. The summed E-state index contributed by atoms with van der Waals surface area (Å²) in [6, 6.07) is 17.0. The summed E-state index contributed by atoms with van der Waals surface area (Å²) in [5.74, 6) is -1.09. The Kier molecular flexibility index (Phi) is 6.13. The van der Waals surface area contributed by atoms with Crippen molar-refractivity contribution in [3.63, 3.8) is 0 Å². The Balaban J connectivity index is 1.47. The number of ether oxygens (including phenoxy) is 1. The van der Waals surface area contributed by atoms with E-state index in [-0.39, 0.29) is 24.8 Å². The lowest BCUT2D eigenvalue weighted by Gasteiger charge is -2.23. The van der Waals surface area contributed by atoms with Crippen molar-refractivity contribution in [2.45, 2.75) is 23.1 Å². The van der Waals surface area contributed by atoms with Crippen molar-refractivity contribution in [3.8, 4) is 0 Å². The lowest BCUT2D eigenvalue weighted by atomic mass is 10.2. The van der Waals surface area contributed by atoms with E-state index in [9.17, 15) is 14.4 Å². The molecule has 2 amide bonds. The van der Waals surface area contributed by atoms with Gasteiger partial charge in [0.2, 0.25) is 5.91 Å². The van der Waals surface area contributed by atoms with Gasteiger partial charge >= 0.3 is 5.97 Å². The Bertz CT molecular complexity index is 841. The number of carbonyl (C=O) groups excluding carboxylic acids is 3. The lowest BCUT2D eigenvalue weighted by Crippen LogP contribution is -2.33. The number of hydrogen-bond acceptors (Lipinski definition) is 5. The second kappa shape index (κ2) is 8.73. The third-order valence-electron chi connectivity index (χ3n) is 4.10. The highest BCUT2D eigenvalue weighted by atomic mass is 32.2. The van der Waals surface area contributed by atoms with Crippen LogP contribution in [0.5, 0.6) is 0 Å². The van der Waals surface area contributed by atoms with Crippen LogP contribution in [0.15, 0.2) is 59.5 Å². The molecule has 1 atom stereocenters. The first-order chi connectivity index (χ1) is 13.0. The van der Waals surface area contributed by atoms with E-state index in [2.05, 4.69) is 5.32 Å². The van der Waals surface area contributed by atoms with Gasteiger partial charge in [0.25, 0.3) is 5.91 Å². The van der Waals surface area contributed by atoms with Gasteiger partial charge in [0.05, 0.1) is 17.4 Å². The summed E-state index contributed by atoms with van der Waals surface area (Å²) in [5.41, 5.74) is 1.74. The topological polar surface area (TPSA) is 75.7 Å². The first-order valence-electron chi connectivity index (χ1n) is 8.53. The summed E-state index contributed by atoms with van der Waals surface area (Å²) in [5, 5.41) is 2.22. The van der Waals surface area contributed by atoms with Crippen LogP contribution in [-0.2, 0) is 25.7 Å². The molecule has 0 aromatic heterocycles. The van der Waals surface area contributed by atoms with Crippen LogP contribution < -0.4 is 5.32 Å². The number of nitrogens with zero attached hydrogens (tertiary/aromatic N) is 1. The molecular weight excluding hydrogens is 364 g/mol. The molecule has 0 radical (unpaired) electrons. The minimum absolute atomic E-state index is 0.0828. The minimum atomic E-state index is -0.566. The van der Waals surface area contributed by atoms with Crippen LogP contribution in [0, 0.1) is 0 Å². The number of likely N-dealkylation sites (N-methyl/N-ethyl adjacent to an activating group) is 1. The molecular formula is C20H20N2O4S. The summed E-state index contributed by atoms with van der Waals surface area (Å²) >= 11 is 1.33. The minimum Gasteiger partial charge on any atom is -0.456 e. The average Bonchev–Trinajstić information content (AvgIpc) is 2.67. The van der Waals surface area contributed by atoms with Gasteiger partial charge in [-0.25, -0.2) is 0 Å². The smallest absolute Gasteiger partial charge is 0.307 e. The van der Waals surface area contributed by atoms with Crippen molar-refractivity contribution in [1.29, 1.82) is 0 Å². The molecule has 0 aliphatic carbocycles. The molecule has 0 saturated heterocycles. The maximum Gasteiger partial charge on any atom is 0.307 e. The van der Waals surface area contributed by atoms with Crippen molar-refractivity contribution >= 4 is 35.2 Å². The van der Waals surface area contributed by atoms with E-state index < -0.39 is 11.2 Å². The molecule has 2 aromatic carbocycles. The number of anilines is 1. The molecule has 27 heavy (non-hydrogen) atoms. The molecule has 0 saturated carbocycles. The number of fused-ring (bicyclic) bond motifs is 1. The summed E-state index contributed by atoms with van der Waals surface area (Å²) in [7, 11) is 1.66. The summed E-state index contributed by atoms with van der Waals surface area (Å²) in [6.07, 6.45) is -0.0828. The molecule has 0 fully saturated rings. The van der Waals surface area contributed by atoms with Crippen molar-refractivity contribution in [1.82, 2.24) is 4.90 Å². The van der Waals surface area contributed by atoms with Gasteiger partial charge in [-0.1, -0.05) is 42.5 Å². The van der Waals surface area contributed by atoms with Crippen LogP contribution in [-0.4, -0.2) is 41.6 Å². The van der Waals surface area contributed by atoms with E-state index in [1.165, 1.54) is 16.7 Å². The van der Waals surface area contributed by atoms with E-state index in [4.69, 9.17) is 4.74 Å². The van der Waals surface area contributed by atoms with Crippen molar-refractivity contribution in [2.24, 2.45) is 0 Å². The lowest BCUT2D eigenvalue weighted by molar-refractivity contribution is -0.152. The molecule has 0 spiro atoms. The van der Waals surface area contributed by atoms with Gasteiger partial charge in [0.1, 0.15) is 0 Å². The SMILES string of the molecule is CN(Cc1ccccc1)C(=O)COC(=O)C[C@H]1Sc2ccccc2NC1=O. The molecule has 0 bridgehead atoms. The maximum absolute atomic E-state index is 12.1. The Morgan fingerprint density at radius 3 is 2.59 bits per heavy atom. The number of para-hydroxylation sites is 1.